The molecule has 6 nitrogen and oxygen atoms in total. The van der Waals surface area contributed by atoms with Crippen molar-refractivity contribution in [3.8, 4) is 11.5 Å². The quantitative estimate of drug-likeness (QED) is 0.515. The molecule has 154 valence electrons. The molecule has 0 aliphatic carbocycles. The number of thiophene rings is 1. The van der Waals surface area contributed by atoms with Gasteiger partial charge in [0.15, 0.2) is 0 Å². The summed E-state index contributed by atoms with van der Waals surface area (Å²) < 4.78 is 7.77. The number of carbonyl (C=O) groups excluding carboxylic acids is 1. The van der Waals surface area contributed by atoms with Crippen molar-refractivity contribution in [2.45, 2.75) is 32.4 Å². The van der Waals surface area contributed by atoms with Crippen LogP contribution in [-0.4, -0.2) is 15.5 Å². The Bertz CT molecular complexity index is 1390. The van der Waals surface area contributed by atoms with Crippen molar-refractivity contribution >= 4 is 27.5 Å². The Labute approximate surface area is 182 Å². The van der Waals surface area contributed by atoms with E-state index in [9.17, 15) is 9.59 Å². The maximum atomic E-state index is 13.4. The van der Waals surface area contributed by atoms with Crippen LogP contribution in [0, 0.1) is 6.92 Å². The van der Waals surface area contributed by atoms with Crippen molar-refractivity contribution in [1.82, 2.24) is 14.9 Å². The first-order chi connectivity index (χ1) is 15.1. The van der Waals surface area contributed by atoms with Crippen LogP contribution in [0.2, 0.25) is 0 Å². The standard InChI is InChI=1S/C24H19N3O3S/c1-13-19-23(25-18-11-6-12-27(18)24(19)29)31-21(13)22(28)26-20-14-7-2-4-9-16(14)30-17-10-5-3-8-15(17)20/h2-5,7-10,20H,6,11-12H2,1H3,(H,26,28). The van der Waals surface area contributed by atoms with Crippen LogP contribution in [0.25, 0.3) is 10.2 Å². The summed E-state index contributed by atoms with van der Waals surface area (Å²) in [5, 5.41) is 3.74. The van der Waals surface area contributed by atoms with E-state index in [1.807, 2.05) is 55.5 Å². The van der Waals surface area contributed by atoms with E-state index < -0.39 is 0 Å². The second-order valence-electron chi connectivity index (χ2n) is 7.91. The van der Waals surface area contributed by atoms with Crippen molar-refractivity contribution in [3.05, 3.63) is 86.3 Å². The first-order valence-corrected chi connectivity index (χ1v) is 11.1. The fourth-order valence-electron chi connectivity index (χ4n) is 4.55. The zero-order valence-corrected chi connectivity index (χ0v) is 17.7. The van der Waals surface area contributed by atoms with Gasteiger partial charge in [0.25, 0.3) is 11.5 Å². The van der Waals surface area contributed by atoms with Crippen LogP contribution >= 0.6 is 11.3 Å². The zero-order valence-electron chi connectivity index (χ0n) is 16.8. The second-order valence-corrected chi connectivity index (χ2v) is 8.91. The molecule has 31 heavy (non-hydrogen) atoms. The van der Waals surface area contributed by atoms with Gasteiger partial charge in [0.1, 0.15) is 22.2 Å². The third-order valence-corrected chi connectivity index (χ3v) is 7.26. The fourth-order valence-corrected chi connectivity index (χ4v) is 5.65. The van der Waals surface area contributed by atoms with Gasteiger partial charge in [-0.1, -0.05) is 36.4 Å². The van der Waals surface area contributed by atoms with E-state index in [-0.39, 0.29) is 17.5 Å². The Hall–Kier alpha value is -3.45. The largest absolute Gasteiger partial charge is 0.457 e. The highest BCUT2D eigenvalue weighted by Crippen LogP contribution is 2.42. The lowest BCUT2D eigenvalue weighted by Gasteiger charge is -2.28. The van der Waals surface area contributed by atoms with E-state index in [1.165, 1.54) is 11.3 Å². The smallest absolute Gasteiger partial charge is 0.262 e. The van der Waals surface area contributed by atoms with Gasteiger partial charge in [-0.3, -0.25) is 14.2 Å². The van der Waals surface area contributed by atoms with Crippen LogP contribution in [0.5, 0.6) is 11.5 Å². The Morgan fingerprint density at radius 2 is 1.81 bits per heavy atom. The van der Waals surface area contributed by atoms with E-state index in [2.05, 4.69) is 10.3 Å². The summed E-state index contributed by atoms with van der Waals surface area (Å²) in [4.78, 5) is 32.2. The van der Waals surface area contributed by atoms with Gasteiger partial charge in [-0.05, 0) is 31.0 Å². The van der Waals surface area contributed by atoms with Crippen molar-refractivity contribution in [2.24, 2.45) is 0 Å². The van der Waals surface area contributed by atoms with Crippen LogP contribution in [0.3, 0.4) is 0 Å². The van der Waals surface area contributed by atoms with E-state index in [1.54, 1.807) is 4.57 Å². The molecule has 4 aromatic rings. The summed E-state index contributed by atoms with van der Waals surface area (Å²) in [5.74, 6) is 2.08. The molecule has 2 aromatic carbocycles. The number of amides is 1. The van der Waals surface area contributed by atoms with Gasteiger partial charge in [-0.15, -0.1) is 11.3 Å². The average Bonchev–Trinajstić information content (AvgIpc) is 3.38. The molecule has 0 unspecified atom stereocenters. The number of carbonyl (C=O) groups is 1. The van der Waals surface area contributed by atoms with E-state index in [0.717, 1.165) is 41.3 Å². The number of ether oxygens (including phenoxy) is 1. The van der Waals surface area contributed by atoms with Crippen LogP contribution in [0.4, 0.5) is 0 Å². The number of hydrogen-bond donors (Lipinski definition) is 1. The predicted octanol–water partition coefficient (Wildman–Crippen LogP) is 4.34. The van der Waals surface area contributed by atoms with Gasteiger partial charge in [0, 0.05) is 24.1 Å². The molecule has 1 amide bonds. The summed E-state index contributed by atoms with van der Waals surface area (Å²) in [5.41, 5.74) is 2.48. The summed E-state index contributed by atoms with van der Waals surface area (Å²) >= 11 is 1.30. The van der Waals surface area contributed by atoms with E-state index >= 15 is 0 Å². The van der Waals surface area contributed by atoms with Gasteiger partial charge in [-0.25, -0.2) is 4.98 Å². The van der Waals surface area contributed by atoms with E-state index in [4.69, 9.17) is 4.74 Å². The summed E-state index contributed by atoms with van der Waals surface area (Å²) in [7, 11) is 0. The zero-order chi connectivity index (χ0) is 21.1. The summed E-state index contributed by atoms with van der Waals surface area (Å²) in [6, 6.07) is 15.1. The molecule has 0 bridgehead atoms. The molecule has 0 radical (unpaired) electrons. The van der Waals surface area contributed by atoms with Crippen molar-refractivity contribution in [1.29, 1.82) is 0 Å². The molecule has 0 saturated heterocycles. The van der Waals surface area contributed by atoms with Gasteiger partial charge >= 0.3 is 0 Å². The maximum absolute atomic E-state index is 13.4. The SMILES string of the molecule is Cc1c(C(=O)NC2c3ccccc3Oc3ccccc32)sc2nc3n(c(=O)c12)CCC3. The molecule has 1 N–H and O–H groups in total. The highest BCUT2D eigenvalue weighted by molar-refractivity contribution is 7.20. The molecule has 4 heterocycles. The van der Waals surface area contributed by atoms with Gasteiger partial charge in [0.05, 0.1) is 16.3 Å². The number of rotatable bonds is 2. The molecule has 0 fully saturated rings. The molecule has 6 rings (SSSR count). The molecule has 0 spiro atoms. The molecule has 2 aromatic heterocycles. The van der Waals surface area contributed by atoms with Gasteiger partial charge in [0.2, 0.25) is 0 Å². The van der Waals surface area contributed by atoms with E-state index in [0.29, 0.717) is 27.2 Å². The Kier molecular flexibility index (Phi) is 4.01. The van der Waals surface area contributed by atoms with Gasteiger partial charge < -0.3 is 10.1 Å². The molecular formula is C24H19N3O3S. The maximum Gasteiger partial charge on any atom is 0.262 e. The number of nitrogens with zero attached hydrogens (tertiary/aromatic N) is 2. The van der Waals surface area contributed by atoms with Crippen molar-refractivity contribution in [3.63, 3.8) is 0 Å². The van der Waals surface area contributed by atoms with Gasteiger partial charge in [-0.2, -0.15) is 0 Å². The first-order valence-electron chi connectivity index (χ1n) is 10.3. The van der Waals surface area contributed by atoms with Crippen LogP contribution in [0.1, 0.15) is 44.6 Å². The minimum absolute atomic E-state index is 0.0351. The predicted molar refractivity (Wildman–Crippen MR) is 119 cm³/mol. The van der Waals surface area contributed by atoms with Crippen molar-refractivity contribution < 1.29 is 9.53 Å². The highest BCUT2D eigenvalue weighted by atomic mass is 32.1. The number of fused-ring (bicyclic) bond motifs is 4. The third-order valence-electron chi connectivity index (χ3n) is 6.07. The minimum Gasteiger partial charge on any atom is -0.457 e. The summed E-state index contributed by atoms with van der Waals surface area (Å²) in [6.45, 7) is 2.54. The Morgan fingerprint density at radius 3 is 2.52 bits per heavy atom. The van der Waals surface area contributed by atoms with Crippen LogP contribution in [-0.2, 0) is 13.0 Å². The lowest BCUT2D eigenvalue weighted by Crippen LogP contribution is -2.31. The number of para-hydroxylation sites is 2. The van der Waals surface area contributed by atoms with Crippen molar-refractivity contribution in [2.75, 3.05) is 0 Å². The van der Waals surface area contributed by atoms with Crippen LogP contribution in [0.15, 0.2) is 53.3 Å². The summed E-state index contributed by atoms with van der Waals surface area (Å²) in [6.07, 6.45) is 1.74. The molecule has 0 atom stereocenters. The fraction of sp³-hybridized carbons (Fsp3) is 0.208. The lowest BCUT2D eigenvalue weighted by molar-refractivity contribution is 0.0945. The molecule has 2 aliphatic heterocycles. The number of nitrogens with one attached hydrogen (secondary N) is 1. The normalized spacial score (nSPS) is 14.6. The third kappa shape index (κ3) is 2.73. The highest BCUT2D eigenvalue weighted by Gasteiger charge is 2.30. The number of hydrogen-bond acceptors (Lipinski definition) is 5. The molecular weight excluding hydrogens is 410 g/mol. The average molecular weight is 430 g/mol. The molecule has 2 aliphatic rings. The molecule has 7 heteroatoms. The lowest BCUT2D eigenvalue weighted by atomic mass is 9.94. The molecule has 0 saturated carbocycles. The van der Waals surface area contributed by atoms with Crippen LogP contribution < -0.4 is 15.6 Å². The Balaban J connectivity index is 1.43. The Morgan fingerprint density at radius 1 is 1.13 bits per heavy atom. The second kappa shape index (κ2) is 6.78. The number of aromatic nitrogens is 2. The number of benzene rings is 2. The number of aryl methyl sites for hydroxylation is 2. The monoisotopic (exact) mass is 429 g/mol. The topological polar surface area (TPSA) is 73.2 Å². The first kappa shape index (κ1) is 18.3. The minimum atomic E-state index is -0.336.